The van der Waals surface area contributed by atoms with E-state index in [1.54, 1.807) is 4.58 Å². The molecule has 0 aromatic heterocycles. The molecule has 0 N–H and O–H groups in total. The first-order valence-corrected chi connectivity index (χ1v) is 4.25. The van der Waals surface area contributed by atoms with Crippen molar-refractivity contribution in [3.63, 3.8) is 0 Å². The summed E-state index contributed by atoms with van der Waals surface area (Å²) in [5, 5.41) is 0. The Morgan fingerprint density at radius 1 is 0.909 bits per heavy atom. The van der Waals surface area contributed by atoms with Gasteiger partial charge in [0, 0.05) is 0 Å². The van der Waals surface area contributed by atoms with Gasteiger partial charge in [-0.25, -0.2) is 4.58 Å². The predicted octanol–water partition coefficient (Wildman–Crippen LogP) is 3.34. The Kier molecular flexibility index (Phi) is 2.82. The van der Waals surface area contributed by atoms with Gasteiger partial charge in [0.05, 0.1) is 0 Å². The fraction of sp³-hybridized carbons (Fsp3) is 0.667. The number of hydrogen-bond acceptors (Lipinski definition) is 0. The molecule has 1 nitrogen and oxygen atoms in total. The van der Waals surface area contributed by atoms with Crippen LogP contribution >= 0.6 is 7.81 Å². The summed E-state index contributed by atoms with van der Waals surface area (Å²) in [6, 6.07) is 0. The number of halogens is 6. The quantitative estimate of drug-likeness (QED) is 0.246. The second kappa shape index (κ2) is 2.33. The summed E-state index contributed by atoms with van der Waals surface area (Å²) in [6.07, 6.45) is 0. The van der Waals surface area contributed by atoms with Crippen LogP contribution in [0.15, 0.2) is 0 Å². The molecule has 0 radical (unpaired) electrons. The van der Waals surface area contributed by atoms with Crippen LogP contribution in [0, 0.1) is 0 Å². The molecule has 72 valence electrons. The number of rotatable bonds is 0. The molecule has 0 bridgehead atoms. The third-order valence-electron chi connectivity index (χ3n) is 0. The van der Waals surface area contributed by atoms with Crippen molar-refractivity contribution in [1.82, 2.24) is 0 Å². The molecule has 0 rings (SSSR count). The minimum absolute atomic E-state index is 1.75. The van der Waals surface area contributed by atoms with Gasteiger partial charge in [-0.15, -0.1) is 0 Å². The van der Waals surface area contributed by atoms with E-state index < -0.39 is 7.81 Å². The van der Waals surface area contributed by atoms with Crippen LogP contribution in [0.2, 0.25) is 0 Å². The van der Waals surface area contributed by atoms with Gasteiger partial charge in [0.15, 0.2) is 0 Å². The summed E-state index contributed by atoms with van der Waals surface area (Å²) in [5.74, 6) is 0. The van der Waals surface area contributed by atoms with E-state index >= 15 is 0 Å². The summed E-state index contributed by atoms with van der Waals surface area (Å²) in [7, 11) is -6.88. The first kappa shape index (κ1) is 13.3. The van der Waals surface area contributed by atoms with E-state index in [9.17, 15) is 25.2 Å². The van der Waals surface area contributed by atoms with E-state index in [1.807, 2.05) is 14.1 Å². The van der Waals surface area contributed by atoms with Gasteiger partial charge < -0.3 is 0 Å². The van der Waals surface area contributed by atoms with Crippen LogP contribution in [0.4, 0.5) is 25.2 Å². The Bertz CT molecular complexity index is 136. The van der Waals surface area contributed by atoms with Crippen molar-refractivity contribution in [2.24, 2.45) is 0 Å². The zero-order valence-corrected chi connectivity index (χ0v) is 6.76. The third-order valence-corrected chi connectivity index (χ3v) is 0. The van der Waals surface area contributed by atoms with Crippen molar-refractivity contribution >= 4 is 14.5 Å². The summed E-state index contributed by atoms with van der Waals surface area (Å²) >= 11 is 0. The van der Waals surface area contributed by atoms with E-state index in [1.165, 1.54) is 0 Å². The van der Waals surface area contributed by atoms with E-state index in [-0.39, 0.29) is 0 Å². The SMILES string of the molecule is C=[N+](C)C.F[P-](F)(F)(F)(F)F. The molecule has 0 heterocycles. The van der Waals surface area contributed by atoms with Gasteiger partial charge in [0.2, 0.25) is 0 Å². The standard InChI is InChI=1S/C3H8N.F6P/c1-4(2)3;1-7(2,3,4,5)6/h1H2,2-3H3;/q+1;-1. The monoisotopic (exact) mass is 203 g/mol. The van der Waals surface area contributed by atoms with Crippen molar-refractivity contribution in [1.29, 1.82) is 0 Å². The first-order chi connectivity index (χ1) is 4.18. The molecule has 0 saturated heterocycles. The van der Waals surface area contributed by atoms with Crippen LogP contribution in [-0.4, -0.2) is 25.4 Å². The van der Waals surface area contributed by atoms with E-state index in [0.29, 0.717) is 0 Å². The van der Waals surface area contributed by atoms with E-state index in [4.69, 9.17) is 0 Å². The van der Waals surface area contributed by atoms with E-state index in [2.05, 4.69) is 6.72 Å². The van der Waals surface area contributed by atoms with Gasteiger partial charge >= 0.3 is 33.0 Å². The van der Waals surface area contributed by atoms with Gasteiger partial charge in [-0.1, -0.05) is 0 Å². The van der Waals surface area contributed by atoms with Crippen molar-refractivity contribution in [2.45, 2.75) is 0 Å². The molecular formula is C3H8F6NP. The molecule has 0 atom stereocenters. The van der Waals surface area contributed by atoms with Crippen molar-refractivity contribution in [3.05, 3.63) is 0 Å². The number of nitrogens with zero attached hydrogens (tertiary/aromatic N) is 1. The number of hydrogen-bond donors (Lipinski definition) is 0. The zero-order chi connectivity index (χ0) is 9.99. The molecule has 0 fully saturated rings. The van der Waals surface area contributed by atoms with Gasteiger partial charge in [0.1, 0.15) is 20.8 Å². The fourth-order valence-corrected chi connectivity index (χ4v) is 0. The van der Waals surface area contributed by atoms with Crippen LogP contribution in [0.3, 0.4) is 0 Å². The molecule has 0 amide bonds. The summed E-state index contributed by atoms with van der Waals surface area (Å²) in [4.78, 5) is 0. The van der Waals surface area contributed by atoms with Crippen LogP contribution in [0.25, 0.3) is 0 Å². The second-order valence-electron chi connectivity index (χ2n) is 2.04. The fourth-order valence-electron chi connectivity index (χ4n) is 0. The maximum atomic E-state index is 9.87. The summed E-state index contributed by atoms with van der Waals surface area (Å²) < 4.78 is 60.9. The van der Waals surface area contributed by atoms with Crippen molar-refractivity contribution < 1.29 is 29.8 Å². The Labute approximate surface area is 59.6 Å². The van der Waals surface area contributed by atoms with Crippen molar-refractivity contribution in [3.8, 4) is 0 Å². The molecule has 0 aromatic carbocycles. The van der Waals surface area contributed by atoms with Gasteiger partial charge in [-0.3, -0.25) is 0 Å². The normalized spacial score (nSPS) is 17.1. The maximum absolute atomic E-state index is 10.7. The molecule has 0 aliphatic carbocycles. The Hall–Kier alpha value is -0.320. The third kappa shape index (κ3) is 5580. The average Bonchev–Trinajstić information content (AvgIpc) is 1.11. The topological polar surface area (TPSA) is 3.01 Å². The van der Waals surface area contributed by atoms with Crippen LogP contribution in [0.1, 0.15) is 0 Å². The molecule has 8 heteroatoms. The summed E-state index contributed by atoms with van der Waals surface area (Å²) in [6.45, 7) is 3.47. The molecule has 0 unspecified atom stereocenters. The van der Waals surface area contributed by atoms with Gasteiger partial charge in [0.25, 0.3) is 0 Å². The first-order valence-electron chi connectivity index (χ1n) is 2.22. The minimum atomic E-state index is -10.7. The molecule has 0 aromatic rings. The Morgan fingerprint density at radius 3 is 0.909 bits per heavy atom. The second-order valence-corrected chi connectivity index (χ2v) is 3.95. The van der Waals surface area contributed by atoms with Gasteiger partial charge in [-0.2, -0.15) is 0 Å². The molecular weight excluding hydrogens is 195 g/mol. The van der Waals surface area contributed by atoms with Crippen LogP contribution in [0.5, 0.6) is 0 Å². The molecule has 11 heavy (non-hydrogen) atoms. The predicted molar refractivity (Wildman–Crippen MR) is 32.8 cm³/mol. The molecule has 0 aliphatic heterocycles. The Morgan fingerprint density at radius 2 is 0.909 bits per heavy atom. The average molecular weight is 203 g/mol. The Balaban J connectivity index is 0. The van der Waals surface area contributed by atoms with E-state index in [0.717, 1.165) is 0 Å². The summed E-state index contributed by atoms with van der Waals surface area (Å²) in [5.41, 5.74) is 0. The molecule has 0 spiro atoms. The van der Waals surface area contributed by atoms with Gasteiger partial charge in [-0.05, 0) is 0 Å². The van der Waals surface area contributed by atoms with Crippen LogP contribution < -0.4 is 0 Å². The zero-order valence-electron chi connectivity index (χ0n) is 5.87. The van der Waals surface area contributed by atoms with Crippen LogP contribution in [-0.2, 0) is 0 Å². The van der Waals surface area contributed by atoms with Crippen molar-refractivity contribution in [2.75, 3.05) is 14.1 Å². The molecule has 0 saturated carbocycles. The molecule has 0 aliphatic rings.